The maximum absolute atomic E-state index is 9.85. The molecule has 0 amide bonds. The summed E-state index contributed by atoms with van der Waals surface area (Å²) in [5.41, 5.74) is 9.76. The van der Waals surface area contributed by atoms with Gasteiger partial charge in [-0.15, -0.1) is 0 Å². The zero-order valence-corrected chi connectivity index (χ0v) is 13.5. The average molecular weight is 337 g/mol. The van der Waals surface area contributed by atoms with Crippen LogP contribution in [0.5, 0.6) is 0 Å². The highest BCUT2D eigenvalue weighted by Gasteiger charge is 2.46. The Balaban J connectivity index is 1.50. The van der Waals surface area contributed by atoms with Crippen LogP contribution in [0.1, 0.15) is 12.8 Å². The van der Waals surface area contributed by atoms with Gasteiger partial charge in [-0.25, -0.2) is 4.98 Å². The molecule has 0 radical (unpaired) electrons. The van der Waals surface area contributed by atoms with Gasteiger partial charge < -0.3 is 20.9 Å². The lowest BCUT2D eigenvalue weighted by Crippen LogP contribution is -2.35. The van der Waals surface area contributed by atoms with E-state index in [1.54, 1.807) is 6.20 Å². The van der Waals surface area contributed by atoms with Crippen molar-refractivity contribution in [1.82, 2.24) is 15.2 Å². The maximum Gasteiger partial charge on any atom is 0.126 e. The molecule has 0 unspecified atom stereocenters. The first-order chi connectivity index (χ1) is 12.2. The highest BCUT2D eigenvalue weighted by molar-refractivity contribution is 5.95. The van der Waals surface area contributed by atoms with Crippen molar-refractivity contribution < 1.29 is 9.84 Å². The molecule has 4 atom stereocenters. The van der Waals surface area contributed by atoms with E-state index in [2.05, 4.69) is 20.5 Å². The quantitative estimate of drug-likeness (QED) is 0.581. The third-order valence-corrected chi connectivity index (χ3v) is 5.17. The number of nitrogens with two attached hydrogens (primary N) is 1. The summed E-state index contributed by atoms with van der Waals surface area (Å²) in [6.45, 7) is 0. The summed E-state index contributed by atoms with van der Waals surface area (Å²) in [4.78, 5) is 4.47. The number of aliphatic hydroxyl groups excluding tert-OH is 1. The van der Waals surface area contributed by atoms with Crippen molar-refractivity contribution in [2.75, 3.05) is 11.1 Å². The number of rotatable bonds is 3. The standard InChI is InChI=1S/C18H19N5O2/c19-18-7-13(21-14-6-17-15(24)8-16(14)25-17)10-2-1-9(5-12(10)22-18)11-3-4-20-23-11/h1-5,7,14-17,24H,6,8H2,(H,20,23)(H3,19,21,22)/t14-,15-,16+,17+/m1/s1. The molecule has 2 aliphatic heterocycles. The van der Waals surface area contributed by atoms with Crippen LogP contribution in [0.15, 0.2) is 36.5 Å². The second-order valence-corrected chi connectivity index (χ2v) is 6.80. The molecular weight excluding hydrogens is 318 g/mol. The van der Waals surface area contributed by atoms with Gasteiger partial charge in [0.25, 0.3) is 0 Å². The van der Waals surface area contributed by atoms with Gasteiger partial charge in [0.05, 0.1) is 35.6 Å². The van der Waals surface area contributed by atoms with E-state index < -0.39 is 0 Å². The molecule has 2 aromatic heterocycles. The number of nitrogens with zero attached hydrogens (tertiary/aromatic N) is 2. The molecule has 0 saturated carbocycles. The minimum Gasteiger partial charge on any atom is -0.390 e. The molecule has 2 bridgehead atoms. The largest absolute Gasteiger partial charge is 0.390 e. The smallest absolute Gasteiger partial charge is 0.126 e. The Kier molecular flexibility index (Phi) is 3.19. The highest BCUT2D eigenvalue weighted by atomic mass is 16.5. The molecule has 7 nitrogen and oxygen atoms in total. The molecule has 25 heavy (non-hydrogen) atoms. The number of fused-ring (bicyclic) bond motifs is 3. The number of hydrogen-bond donors (Lipinski definition) is 4. The summed E-state index contributed by atoms with van der Waals surface area (Å²) in [5.74, 6) is 0.473. The van der Waals surface area contributed by atoms with E-state index in [1.807, 2.05) is 30.3 Å². The van der Waals surface area contributed by atoms with E-state index in [0.717, 1.165) is 34.3 Å². The number of nitrogens with one attached hydrogen (secondary N) is 2. The van der Waals surface area contributed by atoms with Gasteiger partial charge in [-0.1, -0.05) is 12.1 Å². The molecule has 5 rings (SSSR count). The third-order valence-electron chi connectivity index (χ3n) is 5.17. The van der Waals surface area contributed by atoms with E-state index in [1.165, 1.54) is 0 Å². The zero-order chi connectivity index (χ0) is 17.0. The van der Waals surface area contributed by atoms with Crippen molar-refractivity contribution in [1.29, 1.82) is 0 Å². The first-order valence-electron chi connectivity index (χ1n) is 8.47. The number of H-pyrrole nitrogens is 1. The van der Waals surface area contributed by atoms with Gasteiger partial charge in [-0.3, -0.25) is 5.10 Å². The minimum absolute atomic E-state index is 0.0497. The Morgan fingerprint density at radius 1 is 1.20 bits per heavy atom. The van der Waals surface area contributed by atoms with E-state index in [0.29, 0.717) is 12.2 Å². The van der Waals surface area contributed by atoms with E-state index in [-0.39, 0.29) is 24.4 Å². The summed E-state index contributed by atoms with van der Waals surface area (Å²) in [6, 6.07) is 10.1. The number of aromatic amines is 1. The SMILES string of the molecule is Nc1cc(N[C@@H]2C[C@@H]3O[C@H]2C[C@H]3O)c2ccc(-c3ccn[nH]3)cc2n1. The van der Waals surface area contributed by atoms with Crippen LogP contribution in [-0.4, -0.2) is 44.6 Å². The molecule has 3 aromatic rings. The molecule has 7 heteroatoms. The van der Waals surface area contributed by atoms with Gasteiger partial charge in [0.15, 0.2) is 0 Å². The van der Waals surface area contributed by atoms with Crippen molar-refractivity contribution in [3.8, 4) is 11.3 Å². The fraction of sp³-hybridized carbons (Fsp3) is 0.333. The van der Waals surface area contributed by atoms with Crippen LogP contribution in [0.2, 0.25) is 0 Å². The molecule has 5 N–H and O–H groups in total. The van der Waals surface area contributed by atoms with Crippen LogP contribution in [0, 0.1) is 0 Å². The lowest BCUT2D eigenvalue weighted by atomic mass is 9.93. The zero-order valence-electron chi connectivity index (χ0n) is 13.5. The van der Waals surface area contributed by atoms with E-state index in [4.69, 9.17) is 10.5 Å². The molecule has 0 spiro atoms. The molecule has 0 aliphatic carbocycles. The number of anilines is 2. The van der Waals surface area contributed by atoms with Crippen molar-refractivity contribution >= 4 is 22.4 Å². The first-order valence-corrected chi connectivity index (χ1v) is 8.47. The number of nitrogen functional groups attached to an aromatic ring is 1. The number of aromatic nitrogens is 3. The van der Waals surface area contributed by atoms with Gasteiger partial charge >= 0.3 is 0 Å². The highest BCUT2D eigenvalue weighted by Crippen LogP contribution is 2.38. The molecule has 2 aliphatic rings. The third kappa shape index (κ3) is 2.43. The molecule has 4 heterocycles. The number of hydrogen-bond acceptors (Lipinski definition) is 6. The lowest BCUT2D eigenvalue weighted by molar-refractivity contribution is 0.0535. The Labute approximate surface area is 144 Å². The lowest BCUT2D eigenvalue weighted by Gasteiger charge is -2.24. The van der Waals surface area contributed by atoms with Crippen LogP contribution in [0.4, 0.5) is 11.5 Å². The summed E-state index contributed by atoms with van der Waals surface area (Å²) < 4.78 is 5.81. The summed E-state index contributed by atoms with van der Waals surface area (Å²) in [6.07, 6.45) is 2.88. The topological polar surface area (TPSA) is 109 Å². The van der Waals surface area contributed by atoms with Crippen molar-refractivity contribution in [3.05, 3.63) is 36.5 Å². The van der Waals surface area contributed by atoms with E-state index in [9.17, 15) is 5.11 Å². The maximum atomic E-state index is 9.85. The predicted octanol–water partition coefficient (Wildman–Crippen LogP) is 1.91. The van der Waals surface area contributed by atoms with Crippen LogP contribution in [-0.2, 0) is 4.74 Å². The van der Waals surface area contributed by atoms with Gasteiger partial charge in [0.1, 0.15) is 5.82 Å². The van der Waals surface area contributed by atoms with Crippen LogP contribution >= 0.6 is 0 Å². The number of aliphatic hydroxyl groups is 1. The fourth-order valence-electron chi connectivity index (χ4n) is 3.94. The van der Waals surface area contributed by atoms with Crippen molar-refractivity contribution in [3.63, 3.8) is 0 Å². The predicted molar refractivity (Wildman–Crippen MR) is 95.0 cm³/mol. The molecule has 1 aromatic carbocycles. The van der Waals surface area contributed by atoms with Gasteiger partial charge in [-0.2, -0.15) is 5.10 Å². The Morgan fingerprint density at radius 3 is 2.84 bits per heavy atom. The minimum atomic E-state index is -0.334. The van der Waals surface area contributed by atoms with Crippen LogP contribution < -0.4 is 11.1 Å². The monoisotopic (exact) mass is 337 g/mol. The Hall–Kier alpha value is -2.64. The molecule has 128 valence electrons. The second-order valence-electron chi connectivity index (χ2n) is 6.80. The second kappa shape index (κ2) is 5.44. The summed E-state index contributed by atoms with van der Waals surface area (Å²) in [5, 5.41) is 21.4. The molecule has 2 fully saturated rings. The average Bonchev–Trinajstić information content (AvgIpc) is 3.31. The van der Waals surface area contributed by atoms with Gasteiger partial charge in [-0.05, 0) is 18.6 Å². The number of pyridine rings is 1. The fourth-order valence-corrected chi connectivity index (χ4v) is 3.94. The molecule has 2 saturated heterocycles. The number of benzene rings is 1. The van der Waals surface area contributed by atoms with Gasteiger partial charge in [0, 0.05) is 35.3 Å². The van der Waals surface area contributed by atoms with Crippen LogP contribution in [0.3, 0.4) is 0 Å². The van der Waals surface area contributed by atoms with Gasteiger partial charge in [0.2, 0.25) is 0 Å². The van der Waals surface area contributed by atoms with E-state index >= 15 is 0 Å². The molecular formula is C18H19N5O2. The summed E-state index contributed by atoms with van der Waals surface area (Å²) in [7, 11) is 0. The normalized spacial score (nSPS) is 27.9. The first kappa shape index (κ1) is 14.7. The van der Waals surface area contributed by atoms with Crippen molar-refractivity contribution in [2.24, 2.45) is 0 Å². The number of ether oxygens (including phenoxy) is 1. The Bertz CT molecular complexity index is 925. The summed E-state index contributed by atoms with van der Waals surface area (Å²) >= 11 is 0. The van der Waals surface area contributed by atoms with Crippen LogP contribution in [0.25, 0.3) is 22.2 Å². The van der Waals surface area contributed by atoms with Crippen molar-refractivity contribution in [2.45, 2.75) is 37.2 Å². The Morgan fingerprint density at radius 2 is 2.12 bits per heavy atom.